The van der Waals surface area contributed by atoms with Gasteiger partial charge in [-0.2, -0.15) is 8.78 Å². The molecule has 1 aromatic rings. The monoisotopic (exact) mass is 396 g/mol. The van der Waals surface area contributed by atoms with Crippen molar-refractivity contribution in [3.63, 3.8) is 0 Å². The van der Waals surface area contributed by atoms with Gasteiger partial charge in [0.2, 0.25) is 0 Å². The molecule has 1 aliphatic heterocycles. The third-order valence-corrected chi connectivity index (χ3v) is 6.32. The Morgan fingerprint density at radius 1 is 0.929 bits per heavy atom. The molecular weight excluding hydrogens is 362 g/mol. The summed E-state index contributed by atoms with van der Waals surface area (Å²) in [5, 5.41) is 0. The summed E-state index contributed by atoms with van der Waals surface area (Å²) in [5.74, 6) is 2.24. The zero-order chi connectivity index (χ0) is 19.8. The Balaban J connectivity index is 1.37. The quantitative estimate of drug-likeness (QED) is 0.433. The first-order valence-corrected chi connectivity index (χ1v) is 10.9. The molecule has 0 radical (unpaired) electrons. The number of alkyl halides is 2. The first-order chi connectivity index (χ1) is 13.7. The van der Waals surface area contributed by atoms with Crippen molar-refractivity contribution in [1.29, 1.82) is 0 Å². The van der Waals surface area contributed by atoms with Crippen LogP contribution in [0.5, 0.6) is 5.75 Å². The first-order valence-electron chi connectivity index (χ1n) is 10.9. The van der Waals surface area contributed by atoms with Crippen LogP contribution in [0.25, 0.3) is 0 Å². The largest absolute Gasteiger partial charge is 0.435 e. The third kappa shape index (κ3) is 6.41. The van der Waals surface area contributed by atoms with Crippen LogP contribution >= 0.6 is 0 Å². The Kier molecular flexibility index (Phi) is 8.53. The minimum atomic E-state index is -2.81. The van der Waals surface area contributed by atoms with Crippen molar-refractivity contribution < 1.29 is 23.0 Å². The predicted octanol–water partition coefficient (Wildman–Crippen LogP) is 6.73. The van der Waals surface area contributed by atoms with Gasteiger partial charge in [-0.1, -0.05) is 64.0 Å². The zero-order valence-corrected chi connectivity index (χ0v) is 17.0. The number of halogens is 2. The van der Waals surface area contributed by atoms with E-state index in [0.717, 1.165) is 11.5 Å². The highest BCUT2D eigenvalue weighted by Crippen LogP contribution is 2.39. The second-order valence-corrected chi connectivity index (χ2v) is 8.34. The Bertz CT molecular complexity index is 547. The Labute approximate surface area is 167 Å². The molecule has 1 aromatic carbocycles. The first kappa shape index (κ1) is 21.5. The lowest BCUT2D eigenvalue weighted by Gasteiger charge is -2.38. The Morgan fingerprint density at radius 3 is 2.21 bits per heavy atom. The lowest BCUT2D eigenvalue weighted by molar-refractivity contribution is -0.214. The summed E-state index contributed by atoms with van der Waals surface area (Å²) < 4.78 is 40.8. The van der Waals surface area contributed by atoms with E-state index in [1.54, 1.807) is 12.1 Å². The van der Waals surface area contributed by atoms with E-state index in [0.29, 0.717) is 25.0 Å². The van der Waals surface area contributed by atoms with Crippen molar-refractivity contribution in [3.05, 3.63) is 29.8 Å². The highest BCUT2D eigenvalue weighted by atomic mass is 19.3. The van der Waals surface area contributed by atoms with E-state index in [1.165, 1.54) is 69.9 Å². The highest BCUT2D eigenvalue weighted by Gasteiger charge is 2.32. The molecule has 0 spiro atoms. The maximum Gasteiger partial charge on any atom is 0.387 e. The summed E-state index contributed by atoms with van der Waals surface area (Å²) in [6.45, 7) is 0.888. The van der Waals surface area contributed by atoms with Crippen LogP contribution in [0.2, 0.25) is 0 Å². The standard InChI is InChI=1S/C23H34F2O3/c1-2-3-4-5-6-17-7-9-18(10-8-17)20-15-26-22(27-16-20)19-11-13-21(14-12-19)28-23(24)25/h11-14,17-18,20,22-23H,2-10,15-16H2,1H3/t17-,18-,20?,22?. The molecule has 0 N–H and O–H groups in total. The number of ether oxygens (including phenoxy) is 3. The molecule has 3 rings (SSSR count). The fourth-order valence-corrected chi connectivity index (χ4v) is 4.60. The lowest BCUT2D eigenvalue weighted by Crippen LogP contribution is -2.34. The normalized spacial score (nSPS) is 28.4. The van der Waals surface area contributed by atoms with Gasteiger partial charge in [-0.15, -0.1) is 0 Å². The Morgan fingerprint density at radius 2 is 1.61 bits per heavy atom. The molecule has 0 amide bonds. The van der Waals surface area contributed by atoms with E-state index in [1.807, 2.05) is 0 Å². The second kappa shape index (κ2) is 11.1. The van der Waals surface area contributed by atoms with Crippen LogP contribution in [0, 0.1) is 17.8 Å². The van der Waals surface area contributed by atoms with Crippen LogP contribution in [0.15, 0.2) is 24.3 Å². The second-order valence-electron chi connectivity index (χ2n) is 8.34. The minimum absolute atomic E-state index is 0.152. The zero-order valence-electron chi connectivity index (χ0n) is 17.0. The van der Waals surface area contributed by atoms with E-state index in [2.05, 4.69) is 11.7 Å². The molecule has 1 saturated carbocycles. The van der Waals surface area contributed by atoms with Crippen molar-refractivity contribution in [1.82, 2.24) is 0 Å². The van der Waals surface area contributed by atoms with Crippen molar-refractivity contribution in [2.45, 2.75) is 77.6 Å². The number of unbranched alkanes of at least 4 members (excludes halogenated alkanes) is 3. The van der Waals surface area contributed by atoms with E-state index in [9.17, 15) is 8.78 Å². The van der Waals surface area contributed by atoms with E-state index < -0.39 is 12.9 Å². The van der Waals surface area contributed by atoms with Gasteiger partial charge in [-0.3, -0.25) is 0 Å². The molecule has 2 fully saturated rings. The third-order valence-electron chi connectivity index (χ3n) is 6.32. The van der Waals surface area contributed by atoms with Crippen molar-refractivity contribution in [3.8, 4) is 5.75 Å². The van der Waals surface area contributed by atoms with Crippen LogP contribution in [0.3, 0.4) is 0 Å². The summed E-state index contributed by atoms with van der Waals surface area (Å²) in [4.78, 5) is 0. The van der Waals surface area contributed by atoms with Gasteiger partial charge in [-0.25, -0.2) is 0 Å². The van der Waals surface area contributed by atoms with Crippen LogP contribution in [0.4, 0.5) is 8.78 Å². The fraction of sp³-hybridized carbons (Fsp3) is 0.739. The van der Waals surface area contributed by atoms with Gasteiger partial charge in [0.25, 0.3) is 0 Å². The van der Waals surface area contributed by atoms with E-state index in [4.69, 9.17) is 9.47 Å². The number of hydrogen-bond donors (Lipinski definition) is 0. The summed E-state index contributed by atoms with van der Waals surface area (Å²) in [6, 6.07) is 6.52. The molecule has 0 aromatic heterocycles. The fourth-order valence-electron chi connectivity index (χ4n) is 4.60. The van der Waals surface area contributed by atoms with Gasteiger partial charge in [0.15, 0.2) is 6.29 Å². The maximum atomic E-state index is 12.2. The lowest BCUT2D eigenvalue weighted by atomic mass is 9.74. The molecule has 0 atom stereocenters. The van der Waals surface area contributed by atoms with E-state index in [-0.39, 0.29) is 5.75 Å². The van der Waals surface area contributed by atoms with Gasteiger partial charge >= 0.3 is 6.61 Å². The van der Waals surface area contributed by atoms with Gasteiger partial charge in [0, 0.05) is 11.5 Å². The smallest absolute Gasteiger partial charge is 0.387 e. The summed E-state index contributed by atoms with van der Waals surface area (Å²) >= 11 is 0. The van der Waals surface area contributed by atoms with Gasteiger partial charge < -0.3 is 14.2 Å². The van der Waals surface area contributed by atoms with Crippen LogP contribution < -0.4 is 4.74 Å². The van der Waals surface area contributed by atoms with Gasteiger partial charge in [0.05, 0.1) is 13.2 Å². The number of hydrogen-bond acceptors (Lipinski definition) is 3. The van der Waals surface area contributed by atoms with Crippen molar-refractivity contribution >= 4 is 0 Å². The molecule has 28 heavy (non-hydrogen) atoms. The summed E-state index contributed by atoms with van der Waals surface area (Å²) in [5.41, 5.74) is 0.843. The molecule has 1 aliphatic carbocycles. The van der Waals surface area contributed by atoms with Crippen molar-refractivity contribution in [2.24, 2.45) is 17.8 Å². The van der Waals surface area contributed by atoms with E-state index >= 15 is 0 Å². The van der Waals surface area contributed by atoms with Crippen molar-refractivity contribution in [2.75, 3.05) is 13.2 Å². The Hall–Kier alpha value is -1.20. The van der Waals surface area contributed by atoms with Crippen LogP contribution in [-0.4, -0.2) is 19.8 Å². The average Bonchev–Trinajstić information content (AvgIpc) is 2.72. The molecule has 0 bridgehead atoms. The molecular formula is C23H34F2O3. The molecule has 3 nitrogen and oxygen atoms in total. The molecule has 0 unspecified atom stereocenters. The number of benzene rings is 1. The molecule has 1 saturated heterocycles. The predicted molar refractivity (Wildman–Crippen MR) is 105 cm³/mol. The summed E-state index contributed by atoms with van der Waals surface area (Å²) in [6.07, 6.45) is 11.7. The van der Waals surface area contributed by atoms with Gasteiger partial charge in [-0.05, 0) is 36.8 Å². The maximum absolute atomic E-state index is 12.2. The van der Waals surface area contributed by atoms with Gasteiger partial charge in [0.1, 0.15) is 5.75 Å². The minimum Gasteiger partial charge on any atom is -0.435 e. The SMILES string of the molecule is CCCCCC[C@H]1CC[C@H](C2COC(c3ccc(OC(F)F)cc3)OC2)CC1. The van der Waals surface area contributed by atoms with Crippen LogP contribution in [-0.2, 0) is 9.47 Å². The number of rotatable bonds is 9. The van der Waals surface area contributed by atoms with Crippen LogP contribution in [0.1, 0.15) is 76.6 Å². The topological polar surface area (TPSA) is 27.7 Å². The average molecular weight is 397 g/mol. The molecule has 2 aliphatic rings. The molecule has 5 heteroatoms. The molecule has 158 valence electrons. The summed E-state index contributed by atoms with van der Waals surface area (Å²) in [7, 11) is 0. The highest BCUT2D eigenvalue weighted by molar-refractivity contribution is 5.28. The molecule has 1 heterocycles.